The molecule has 3 fully saturated rings. The number of carbonyl (C=O) groups is 3. The second kappa shape index (κ2) is 12.6. The Kier molecular flexibility index (Phi) is 8.61. The van der Waals surface area contributed by atoms with Gasteiger partial charge in [-0.3, -0.25) is 9.59 Å². The first-order valence-electron chi connectivity index (χ1n) is 14.9. The van der Waals surface area contributed by atoms with E-state index in [9.17, 15) is 18.8 Å². The van der Waals surface area contributed by atoms with E-state index in [2.05, 4.69) is 5.32 Å². The number of thiophene rings is 1. The lowest BCUT2D eigenvalue weighted by atomic mass is 9.77. The Labute approximate surface area is 255 Å². The average molecular weight is 605 g/mol. The maximum absolute atomic E-state index is 14.8. The molecule has 10 heteroatoms. The van der Waals surface area contributed by atoms with Crippen molar-refractivity contribution in [2.75, 3.05) is 52.5 Å². The van der Waals surface area contributed by atoms with Crippen LogP contribution in [0.25, 0.3) is 0 Å². The number of hydrogen-bond acceptors (Lipinski definition) is 6. The Morgan fingerprint density at radius 1 is 0.884 bits per heavy atom. The summed E-state index contributed by atoms with van der Waals surface area (Å²) in [4.78, 5) is 50.3. The molecule has 3 amide bonds. The lowest BCUT2D eigenvalue weighted by molar-refractivity contribution is -0.136. The van der Waals surface area contributed by atoms with Gasteiger partial charge in [0.1, 0.15) is 11.9 Å². The number of ketones is 1. The van der Waals surface area contributed by atoms with Crippen LogP contribution in [-0.4, -0.2) is 90.9 Å². The summed E-state index contributed by atoms with van der Waals surface area (Å²) in [6, 6.07) is 13.5. The van der Waals surface area contributed by atoms with Gasteiger partial charge < -0.3 is 24.8 Å². The summed E-state index contributed by atoms with van der Waals surface area (Å²) >= 11 is 1.52. The van der Waals surface area contributed by atoms with Crippen LogP contribution in [-0.2, 0) is 9.53 Å². The fourth-order valence-electron chi connectivity index (χ4n) is 6.81. The van der Waals surface area contributed by atoms with E-state index in [1.807, 2.05) is 54.5 Å². The molecule has 0 radical (unpaired) electrons. The van der Waals surface area contributed by atoms with Gasteiger partial charge in [0.05, 0.1) is 25.2 Å². The molecule has 1 N–H and O–H groups in total. The van der Waals surface area contributed by atoms with Gasteiger partial charge in [-0.15, -0.1) is 11.3 Å². The zero-order chi connectivity index (χ0) is 30.1. The molecule has 8 nitrogen and oxygen atoms in total. The highest BCUT2D eigenvalue weighted by molar-refractivity contribution is 7.10. The number of rotatable bonds is 5. The number of nitrogens with zero attached hydrogens (tertiary/aromatic N) is 3. The largest absolute Gasteiger partial charge is 0.378 e. The number of hydrogen-bond donors (Lipinski definition) is 1. The first kappa shape index (κ1) is 29.5. The average Bonchev–Trinajstić information content (AvgIpc) is 3.62. The van der Waals surface area contributed by atoms with Crippen LogP contribution < -0.4 is 5.32 Å². The van der Waals surface area contributed by atoms with Crippen molar-refractivity contribution in [2.45, 2.75) is 31.8 Å². The van der Waals surface area contributed by atoms with Crippen molar-refractivity contribution in [1.82, 2.24) is 20.0 Å². The van der Waals surface area contributed by atoms with E-state index in [0.29, 0.717) is 63.6 Å². The van der Waals surface area contributed by atoms with E-state index in [4.69, 9.17) is 4.74 Å². The van der Waals surface area contributed by atoms with Crippen molar-refractivity contribution in [1.29, 1.82) is 0 Å². The predicted octanol–water partition coefficient (Wildman–Crippen LogP) is 4.40. The molecule has 0 bridgehead atoms. The molecule has 3 aromatic rings. The molecule has 0 aliphatic carbocycles. The number of likely N-dealkylation sites (tertiary alicyclic amines) is 1. The van der Waals surface area contributed by atoms with E-state index >= 15 is 0 Å². The van der Waals surface area contributed by atoms with Crippen molar-refractivity contribution < 1.29 is 23.5 Å². The van der Waals surface area contributed by atoms with E-state index in [1.165, 1.54) is 23.5 Å². The summed E-state index contributed by atoms with van der Waals surface area (Å²) in [6.45, 7) is 7.82. The van der Waals surface area contributed by atoms with Gasteiger partial charge in [-0.05, 0) is 54.1 Å². The standard InChI is InChI=1S/C33H37FN4O4S/c1-21-5-3-4-6-25(21)30(39)26-27(31-22(2)11-20-43-31)29(32(40)36-14-12-35-13-15-36)38(33(41)37-16-18-42-19-17-37)28(26)23-7-9-24(34)10-8-23/h3-11,20,26-29,35H,12-19H2,1-2H3. The zero-order valence-corrected chi connectivity index (χ0v) is 25.3. The van der Waals surface area contributed by atoms with E-state index in [-0.39, 0.29) is 17.7 Å². The summed E-state index contributed by atoms with van der Waals surface area (Å²) in [5.41, 5.74) is 3.00. The quantitative estimate of drug-likeness (QED) is 0.437. The van der Waals surface area contributed by atoms with Crippen molar-refractivity contribution in [3.63, 3.8) is 0 Å². The number of halogens is 1. The Morgan fingerprint density at radius 3 is 2.23 bits per heavy atom. The maximum atomic E-state index is 14.8. The first-order chi connectivity index (χ1) is 20.9. The molecular weight excluding hydrogens is 567 g/mol. The molecule has 43 heavy (non-hydrogen) atoms. The number of Topliss-reactive ketones (excluding diaryl/α,β-unsaturated/α-hetero) is 1. The number of piperazine rings is 1. The Morgan fingerprint density at radius 2 is 1.58 bits per heavy atom. The summed E-state index contributed by atoms with van der Waals surface area (Å²) in [5.74, 6) is -2.05. The van der Waals surface area contributed by atoms with Gasteiger partial charge in [-0.25, -0.2) is 9.18 Å². The SMILES string of the molecule is Cc1ccccc1C(=O)C1C(c2sccc2C)C(C(=O)N2CCNCC2)N(C(=O)N2CCOCC2)C1c1ccc(F)cc1. The highest BCUT2D eigenvalue weighted by Crippen LogP contribution is 2.53. The first-order valence-corrected chi connectivity index (χ1v) is 15.8. The molecule has 4 heterocycles. The van der Waals surface area contributed by atoms with Crippen LogP contribution in [0, 0.1) is 25.6 Å². The van der Waals surface area contributed by atoms with Gasteiger partial charge >= 0.3 is 6.03 Å². The van der Waals surface area contributed by atoms with Crippen LogP contribution in [0.15, 0.2) is 60.0 Å². The molecule has 3 saturated heterocycles. The highest BCUT2D eigenvalue weighted by Gasteiger charge is 2.59. The fourth-order valence-corrected chi connectivity index (χ4v) is 7.91. The molecule has 6 rings (SSSR count). The summed E-state index contributed by atoms with van der Waals surface area (Å²) in [6.07, 6.45) is 0. The predicted molar refractivity (Wildman–Crippen MR) is 163 cm³/mol. The topological polar surface area (TPSA) is 82.2 Å². The van der Waals surface area contributed by atoms with E-state index < -0.39 is 29.7 Å². The number of amides is 3. The zero-order valence-electron chi connectivity index (χ0n) is 24.5. The minimum absolute atomic E-state index is 0.124. The van der Waals surface area contributed by atoms with Crippen LogP contribution in [0.2, 0.25) is 0 Å². The fraction of sp³-hybridized carbons (Fsp3) is 0.424. The van der Waals surface area contributed by atoms with Crippen LogP contribution in [0.4, 0.5) is 9.18 Å². The number of nitrogens with one attached hydrogen (secondary N) is 1. The second-order valence-corrected chi connectivity index (χ2v) is 12.5. The number of urea groups is 1. The number of morpholine rings is 1. The Hall–Kier alpha value is -3.60. The van der Waals surface area contributed by atoms with Crippen LogP contribution in [0.3, 0.4) is 0 Å². The molecule has 0 saturated carbocycles. The van der Waals surface area contributed by atoms with Gasteiger partial charge in [0.2, 0.25) is 5.91 Å². The lowest BCUT2D eigenvalue weighted by Crippen LogP contribution is -2.57. The molecule has 1 aromatic heterocycles. The van der Waals surface area contributed by atoms with Crippen LogP contribution in [0.1, 0.15) is 43.9 Å². The number of aryl methyl sites for hydroxylation is 2. The minimum Gasteiger partial charge on any atom is -0.378 e. The van der Waals surface area contributed by atoms with E-state index in [0.717, 1.165) is 16.0 Å². The van der Waals surface area contributed by atoms with Gasteiger partial charge in [0.15, 0.2) is 5.78 Å². The molecule has 4 unspecified atom stereocenters. The summed E-state index contributed by atoms with van der Waals surface area (Å²) in [5, 5.41) is 5.28. The molecular formula is C33H37FN4O4S. The van der Waals surface area contributed by atoms with Crippen molar-refractivity contribution in [3.05, 3.63) is 92.9 Å². The number of benzene rings is 2. The smallest absolute Gasteiger partial charge is 0.321 e. The van der Waals surface area contributed by atoms with Crippen LogP contribution in [0.5, 0.6) is 0 Å². The third kappa shape index (κ3) is 5.59. The van der Waals surface area contributed by atoms with Gasteiger partial charge in [-0.2, -0.15) is 0 Å². The molecule has 3 aliphatic heterocycles. The third-order valence-electron chi connectivity index (χ3n) is 8.98. The minimum atomic E-state index is -0.918. The van der Waals surface area contributed by atoms with Gasteiger partial charge in [0.25, 0.3) is 0 Å². The summed E-state index contributed by atoms with van der Waals surface area (Å²) < 4.78 is 19.8. The molecule has 4 atom stereocenters. The van der Waals surface area contributed by atoms with E-state index in [1.54, 1.807) is 21.9 Å². The normalized spacial score (nSPS) is 24.3. The molecule has 3 aliphatic rings. The highest BCUT2D eigenvalue weighted by atomic mass is 32.1. The van der Waals surface area contributed by atoms with Crippen molar-refractivity contribution in [3.8, 4) is 0 Å². The van der Waals surface area contributed by atoms with Crippen molar-refractivity contribution in [2.24, 2.45) is 5.92 Å². The Balaban J connectivity index is 1.59. The number of ether oxygens (including phenoxy) is 1. The van der Waals surface area contributed by atoms with Crippen LogP contribution >= 0.6 is 11.3 Å². The lowest BCUT2D eigenvalue weighted by Gasteiger charge is -2.39. The maximum Gasteiger partial charge on any atom is 0.321 e. The van der Waals surface area contributed by atoms with Crippen molar-refractivity contribution >= 4 is 29.1 Å². The molecule has 0 spiro atoms. The summed E-state index contributed by atoms with van der Waals surface area (Å²) in [7, 11) is 0. The molecule has 226 valence electrons. The number of carbonyl (C=O) groups excluding carboxylic acids is 3. The molecule has 2 aromatic carbocycles. The monoisotopic (exact) mass is 604 g/mol. The second-order valence-electron chi connectivity index (χ2n) is 11.5. The third-order valence-corrected chi connectivity index (χ3v) is 10.1. The van der Waals surface area contributed by atoms with Gasteiger partial charge in [-0.1, -0.05) is 36.4 Å². The Bertz CT molecular complexity index is 1480. The van der Waals surface area contributed by atoms with Gasteiger partial charge in [0, 0.05) is 55.6 Å².